The lowest BCUT2D eigenvalue weighted by Crippen LogP contribution is -2.05. The number of hydrogen-bond donors (Lipinski definition) is 0. The maximum Gasteiger partial charge on any atom is 0.307 e. The van der Waals surface area contributed by atoms with Crippen molar-refractivity contribution in [2.45, 2.75) is 59.3 Å². The fourth-order valence-electron chi connectivity index (χ4n) is 5.78. The molecule has 2 aromatic heterocycles. The normalized spacial score (nSPS) is 11.6. The van der Waals surface area contributed by atoms with E-state index in [4.69, 9.17) is 14.7 Å². The molecule has 4 aromatic carbocycles. The number of hydrogen-bond acceptors (Lipinski definition) is 3. The van der Waals surface area contributed by atoms with Crippen LogP contribution in [-0.2, 0) is 0 Å². The Labute approximate surface area is 260 Å². The first-order chi connectivity index (χ1) is 21.3. The highest BCUT2D eigenvalue weighted by atomic mass is 16.5. The number of ether oxygens (including phenoxy) is 1. The van der Waals surface area contributed by atoms with Gasteiger partial charge >= 0.3 is 6.01 Å². The van der Waals surface area contributed by atoms with E-state index in [0.717, 1.165) is 28.2 Å². The number of para-hydroxylation sites is 2. The van der Waals surface area contributed by atoms with E-state index in [1.54, 1.807) is 0 Å². The molecule has 44 heavy (non-hydrogen) atoms. The molecule has 0 atom stereocenters. The summed E-state index contributed by atoms with van der Waals surface area (Å²) >= 11 is 0. The molecule has 5 nitrogen and oxygen atoms in total. The SMILES string of the molecule is CC(C)c1ccccc1-n1cc(-c2ccccc2)nc1Oc1cccc(-c2cn(-c3c(C(C)C)cccc3C(C)C)cn2)c1. The highest BCUT2D eigenvalue weighted by Gasteiger charge is 2.19. The van der Waals surface area contributed by atoms with E-state index in [1.807, 2.05) is 42.7 Å². The molecule has 5 heteroatoms. The molecule has 2 heterocycles. The molecule has 222 valence electrons. The summed E-state index contributed by atoms with van der Waals surface area (Å²) in [6.45, 7) is 13.4. The predicted molar refractivity (Wildman–Crippen MR) is 180 cm³/mol. The van der Waals surface area contributed by atoms with Gasteiger partial charge in [0.15, 0.2) is 0 Å². The standard InChI is InChI=1S/C39H40N4O/c1-26(2)32-18-10-11-21-37(32)43-24-36(29-14-8-7-9-15-29)41-39(43)44-31-17-12-16-30(22-31)35-23-42(25-40-35)38-33(27(3)4)19-13-20-34(38)28(5)6/h7-28H,1-6H3. The minimum atomic E-state index is 0.345. The third kappa shape index (κ3) is 5.83. The molecule has 6 rings (SSSR count). The molecule has 0 radical (unpaired) electrons. The van der Waals surface area contributed by atoms with E-state index in [2.05, 4.69) is 124 Å². The fraction of sp³-hybridized carbons (Fsp3) is 0.231. The van der Waals surface area contributed by atoms with E-state index >= 15 is 0 Å². The van der Waals surface area contributed by atoms with Crippen LogP contribution in [0.4, 0.5) is 0 Å². The van der Waals surface area contributed by atoms with Gasteiger partial charge in [0.05, 0.1) is 29.1 Å². The van der Waals surface area contributed by atoms with Gasteiger partial charge in [-0.1, -0.05) is 120 Å². The van der Waals surface area contributed by atoms with Gasteiger partial charge < -0.3 is 9.30 Å². The van der Waals surface area contributed by atoms with Gasteiger partial charge in [-0.15, -0.1) is 0 Å². The second-order valence-corrected chi connectivity index (χ2v) is 12.2. The minimum absolute atomic E-state index is 0.345. The van der Waals surface area contributed by atoms with Gasteiger partial charge in [-0.2, -0.15) is 4.98 Å². The summed E-state index contributed by atoms with van der Waals surface area (Å²) in [5.41, 5.74) is 9.94. The van der Waals surface area contributed by atoms with E-state index in [-0.39, 0.29) is 0 Å². The Kier molecular flexibility index (Phi) is 8.21. The van der Waals surface area contributed by atoms with Gasteiger partial charge in [0, 0.05) is 23.5 Å². The Balaban J connectivity index is 1.38. The van der Waals surface area contributed by atoms with Crippen LogP contribution in [0.1, 0.15) is 76.0 Å². The summed E-state index contributed by atoms with van der Waals surface area (Å²) in [5.74, 6) is 1.85. The predicted octanol–water partition coefficient (Wildman–Crippen LogP) is 10.6. The topological polar surface area (TPSA) is 44.9 Å². The first-order valence-corrected chi connectivity index (χ1v) is 15.5. The zero-order chi connectivity index (χ0) is 30.8. The van der Waals surface area contributed by atoms with Crippen LogP contribution in [0.15, 0.2) is 116 Å². The molecule has 0 N–H and O–H groups in total. The van der Waals surface area contributed by atoms with Gasteiger partial charge in [-0.3, -0.25) is 4.57 Å². The molecule has 0 bridgehead atoms. The van der Waals surface area contributed by atoms with Gasteiger partial charge in [-0.25, -0.2) is 4.98 Å². The second-order valence-electron chi connectivity index (χ2n) is 12.2. The van der Waals surface area contributed by atoms with Crippen molar-refractivity contribution in [3.63, 3.8) is 0 Å². The van der Waals surface area contributed by atoms with E-state index < -0.39 is 0 Å². The lowest BCUT2D eigenvalue weighted by molar-refractivity contribution is 0.434. The van der Waals surface area contributed by atoms with Crippen molar-refractivity contribution in [1.29, 1.82) is 0 Å². The third-order valence-electron chi connectivity index (χ3n) is 8.08. The third-order valence-corrected chi connectivity index (χ3v) is 8.08. The summed E-state index contributed by atoms with van der Waals surface area (Å²) in [7, 11) is 0. The van der Waals surface area contributed by atoms with Crippen LogP contribution in [0.3, 0.4) is 0 Å². The van der Waals surface area contributed by atoms with Crippen LogP contribution < -0.4 is 4.74 Å². The maximum absolute atomic E-state index is 6.57. The molecule has 0 spiro atoms. The van der Waals surface area contributed by atoms with Crippen LogP contribution in [0, 0.1) is 0 Å². The van der Waals surface area contributed by atoms with Crippen LogP contribution in [-0.4, -0.2) is 19.1 Å². The van der Waals surface area contributed by atoms with E-state index in [0.29, 0.717) is 29.5 Å². The highest BCUT2D eigenvalue weighted by molar-refractivity contribution is 5.64. The van der Waals surface area contributed by atoms with Crippen LogP contribution >= 0.6 is 0 Å². The summed E-state index contributed by atoms with van der Waals surface area (Å²) in [6.07, 6.45) is 6.12. The van der Waals surface area contributed by atoms with Crippen molar-refractivity contribution in [2.24, 2.45) is 0 Å². The highest BCUT2D eigenvalue weighted by Crippen LogP contribution is 2.35. The summed E-state index contributed by atoms with van der Waals surface area (Å²) in [6, 6.07) is 33.9. The monoisotopic (exact) mass is 580 g/mol. The average molecular weight is 581 g/mol. The lowest BCUT2D eigenvalue weighted by Gasteiger charge is -2.20. The molecule has 0 aliphatic carbocycles. The number of benzene rings is 4. The molecule has 0 saturated carbocycles. The molecule has 0 fully saturated rings. The van der Waals surface area contributed by atoms with Gasteiger partial charge in [-0.05, 0) is 52.6 Å². The summed E-state index contributed by atoms with van der Waals surface area (Å²) in [4.78, 5) is 9.81. The minimum Gasteiger partial charge on any atom is -0.425 e. The molecular weight excluding hydrogens is 540 g/mol. The number of rotatable bonds is 9. The van der Waals surface area contributed by atoms with Crippen molar-refractivity contribution in [3.05, 3.63) is 132 Å². The van der Waals surface area contributed by atoms with Crippen molar-refractivity contribution >= 4 is 0 Å². The smallest absolute Gasteiger partial charge is 0.307 e. The quantitative estimate of drug-likeness (QED) is 0.171. The first kappa shape index (κ1) is 29.2. The summed E-state index contributed by atoms with van der Waals surface area (Å²) in [5, 5.41) is 0. The van der Waals surface area contributed by atoms with Crippen LogP contribution in [0.25, 0.3) is 33.9 Å². The Bertz CT molecular complexity index is 1850. The Morgan fingerprint density at radius 2 is 1.20 bits per heavy atom. The van der Waals surface area contributed by atoms with Crippen molar-refractivity contribution < 1.29 is 4.74 Å². The zero-order valence-electron chi connectivity index (χ0n) is 26.4. The van der Waals surface area contributed by atoms with Gasteiger partial charge in [0.1, 0.15) is 5.75 Å². The summed E-state index contributed by atoms with van der Waals surface area (Å²) < 4.78 is 10.8. The first-order valence-electron chi connectivity index (χ1n) is 15.5. The van der Waals surface area contributed by atoms with Gasteiger partial charge in [0.25, 0.3) is 0 Å². The number of nitrogens with zero attached hydrogens (tertiary/aromatic N) is 4. The molecule has 0 aliphatic heterocycles. The molecule has 0 unspecified atom stereocenters. The lowest BCUT2D eigenvalue weighted by atomic mass is 9.92. The largest absolute Gasteiger partial charge is 0.425 e. The number of aromatic nitrogens is 4. The van der Waals surface area contributed by atoms with E-state index in [1.165, 1.54) is 22.4 Å². The molecule has 0 aliphatic rings. The average Bonchev–Trinajstić information content (AvgIpc) is 3.69. The van der Waals surface area contributed by atoms with E-state index in [9.17, 15) is 0 Å². The Morgan fingerprint density at radius 1 is 0.591 bits per heavy atom. The second kappa shape index (κ2) is 12.4. The fourth-order valence-corrected chi connectivity index (χ4v) is 5.78. The molecule has 6 aromatic rings. The molecule has 0 amide bonds. The Morgan fingerprint density at radius 3 is 1.91 bits per heavy atom. The number of imidazole rings is 2. The van der Waals surface area contributed by atoms with Crippen LogP contribution in [0.2, 0.25) is 0 Å². The molecule has 0 saturated heterocycles. The maximum atomic E-state index is 6.57. The van der Waals surface area contributed by atoms with Crippen molar-refractivity contribution in [2.75, 3.05) is 0 Å². The molecular formula is C39H40N4O. The van der Waals surface area contributed by atoms with Gasteiger partial charge in [0.2, 0.25) is 0 Å². The van der Waals surface area contributed by atoms with Crippen molar-refractivity contribution in [3.8, 4) is 45.6 Å². The van der Waals surface area contributed by atoms with Crippen molar-refractivity contribution in [1.82, 2.24) is 19.1 Å². The Hall–Kier alpha value is -4.90. The zero-order valence-corrected chi connectivity index (χ0v) is 26.4. The van der Waals surface area contributed by atoms with Crippen LogP contribution in [0.5, 0.6) is 11.8 Å².